The average molecular weight is 208 g/mol. The Morgan fingerprint density at radius 3 is 2.86 bits per heavy atom. The van der Waals surface area contributed by atoms with Gasteiger partial charge in [0, 0.05) is 0 Å². The minimum atomic E-state index is 0.471. The second-order valence-electron chi connectivity index (χ2n) is 3.55. The van der Waals surface area contributed by atoms with Gasteiger partial charge in [0.1, 0.15) is 5.44 Å². The fraction of sp³-hybridized carbons (Fsp3) is 0.500. The fourth-order valence-corrected chi connectivity index (χ4v) is 2.75. The fourth-order valence-electron chi connectivity index (χ4n) is 1.63. The highest BCUT2D eigenvalue weighted by molar-refractivity contribution is 8.00. The van der Waals surface area contributed by atoms with Crippen molar-refractivity contribution in [3.63, 3.8) is 0 Å². The molecule has 1 aromatic rings. The Kier molecular flexibility index (Phi) is 3.90. The van der Waals surface area contributed by atoms with Gasteiger partial charge in [0.2, 0.25) is 0 Å². The lowest BCUT2D eigenvalue weighted by Crippen LogP contribution is -2.07. The molecule has 0 spiro atoms. The zero-order valence-corrected chi connectivity index (χ0v) is 9.13. The normalized spacial score (nSPS) is 21.3. The summed E-state index contributed by atoms with van der Waals surface area (Å²) in [6, 6.07) is 10.5. The van der Waals surface area contributed by atoms with Crippen LogP contribution in [-0.4, -0.2) is 17.8 Å². The lowest BCUT2D eigenvalue weighted by atomic mass is 10.2. The maximum absolute atomic E-state index is 5.77. The molecule has 1 aliphatic heterocycles. The molecule has 1 nitrogen and oxygen atoms in total. The van der Waals surface area contributed by atoms with Crippen LogP contribution in [0.2, 0.25) is 0 Å². The molecule has 2 rings (SSSR count). The van der Waals surface area contributed by atoms with Gasteiger partial charge in [-0.2, -0.15) is 0 Å². The Morgan fingerprint density at radius 1 is 1.29 bits per heavy atom. The van der Waals surface area contributed by atoms with Gasteiger partial charge >= 0.3 is 0 Å². The van der Waals surface area contributed by atoms with E-state index in [4.69, 9.17) is 4.74 Å². The number of benzene rings is 1. The predicted molar refractivity (Wildman–Crippen MR) is 61.6 cm³/mol. The maximum Gasteiger partial charge on any atom is 0.103 e. The molecular formula is C12H16OS. The van der Waals surface area contributed by atoms with E-state index in [-0.39, 0.29) is 0 Å². The van der Waals surface area contributed by atoms with Crippen LogP contribution in [0.15, 0.2) is 30.3 Å². The molecule has 0 N–H and O–H groups in total. The van der Waals surface area contributed by atoms with Crippen molar-refractivity contribution in [3.05, 3.63) is 35.9 Å². The van der Waals surface area contributed by atoms with Crippen molar-refractivity contribution in [1.82, 2.24) is 0 Å². The second kappa shape index (κ2) is 5.42. The molecule has 1 unspecified atom stereocenters. The Bertz CT molecular complexity index is 254. The first-order valence-electron chi connectivity index (χ1n) is 5.22. The van der Waals surface area contributed by atoms with E-state index >= 15 is 0 Å². The van der Waals surface area contributed by atoms with E-state index in [9.17, 15) is 0 Å². The van der Waals surface area contributed by atoms with Crippen LogP contribution in [0.25, 0.3) is 0 Å². The van der Waals surface area contributed by atoms with Gasteiger partial charge in [0.15, 0.2) is 0 Å². The van der Waals surface area contributed by atoms with Crippen LogP contribution in [0.4, 0.5) is 0 Å². The Labute approximate surface area is 89.9 Å². The Morgan fingerprint density at radius 2 is 2.14 bits per heavy atom. The molecular weight excluding hydrogens is 192 g/mol. The quantitative estimate of drug-likeness (QED) is 0.752. The minimum Gasteiger partial charge on any atom is -0.367 e. The van der Waals surface area contributed by atoms with Crippen LogP contribution in [0, 0.1) is 0 Å². The van der Waals surface area contributed by atoms with Gasteiger partial charge in [-0.3, -0.25) is 0 Å². The van der Waals surface area contributed by atoms with E-state index in [1.54, 1.807) is 0 Å². The van der Waals surface area contributed by atoms with Gasteiger partial charge in [-0.05, 0) is 30.6 Å². The summed E-state index contributed by atoms with van der Waals surface area (Å²) in [4.78, 5) is 0. The third kappa shape index (κ3) is 3.03. The van der Waals surface area contributed by atoms with E-state index in [2.05, 4.69) is 30.3 Å². The Hall–Kier alpha value is -0.470. The summed E-state index contributed by atoms with van der Waals surface area (Å²) in [6.45, 7) is 0.863. The van der Waals surface area contributed by atoms with Crippen molar-refractivity contribution in [3.8, 4) is 0 Å². The lowest BCUT2D eigenvalue weighted by molar-refractivity contribution is 0.114. The van der Waals surface area contributed by atoms with Crippen LogP contribution in [0.1, 0.15) is 18.4 Å². The van der Waals surface area contributed by atoms with Crippen molar-refractivity contribution in [1.29, 1.82) is 0 Å². The lowest BCUT2D eigenvalue weighted by Gasteiger charge is -2.09. The largest absolute Gasteiger partial charge is 0.367 e. The van der Waals surface area contributed by atoms with Crippen molar-refractivity contribution in [2.24, 2.45) is 0 Å². The van der Waals surface area contributed by atoms with E-state index < -0.39 is 0 Å². The van der Waals surface area contributed by atoms with Crippen LogP contribution < -0.4 is 0 Å². The first kappa shape index (κ1) is 10.1. The molecule has 1 aromatic carbocycles. The molecule has 76 valence electrons. The summed E-state index contributed by atoms with van der Waals surface area (Å²) in [6.07, 6.45) is 3.60. The highest BCUT2D eigenvalue weighted by atomic mass is 32.2. The highest BCUT2D eigenvalue weighted by Crippen LogP contribution is 2.26. The van der Waals surface area contributed by atoms with Gasteiger partial charge < -0.3 is 4.74 Å². The SMILES string of the molecule is c1ccc(CCOC2CCCS2)cc1. The van der Waals surface area contributed by atoms with Crippen molar-refractivity contribution < 1.29 is 4.74 Å². The smallest absolute Gasteiger partial charge is 0.103 e. The molecule has 0 amide bonds. The molecule has 14 heavy (non-hydrogen) atoms. The highest BCUT2D eigenvalue weighted by Gasteiger charge is 2.15. The van der Waals surface area contributed by atoms with E-state index in [1.165, 1.54) is 24.2 Å². The standard InChI is InChI=1S/C12H16OS/c1-2-5-11(6-3-1)8-9-13-12-7-4-10-14-12/h1-3,5-6,12H,4,7-10H2. The van der Waals surface area contributed by atoms with Crippen LogP contribution >= 0.6 is 11.8 Å². The number of hydrogen-bond acceptors (Lipinski definition) is 2. The summed E-state index contributed by atoms with van der Waals surface area (Å²) in [5.74, 6) is 1.27. The third-order valence-electron chi connectivity index (χ3n) is 2.43. The van der Waals surface area contributed by atoms with Gasteiger partial charge in [-0.1, -0.05) is 30.3 Å². The monoisotopic (exact) mass is 208 g/mol. The van der Waals surface area contributed by atoms with Crippen molar-refractivity contribution >= 4 is 11.8 Å². The number of ether oxygens (including phenoxy) is 1. The van der Waals surface area contributed by atoms with E-state index in [0.29, 0.717) is 5.44 Å². The average Bonchev–Trinajstić information content (AvgIpc) is 2.72. The summed E-state index contributed by atoms with van der Waals surface area (Å²) < 4.78 is 5.77. The van der Waals surface area contributed by atoms with Crippen LogP contribution in [-0.2, 0) is 11.2 Å². The topological polar surface area (TPSA) is 9.23 Å². The molecule has 1 aliphatic rings. The van der Waals surface area contributed by atoms with E-state index in [0.717, 1.165) is 13.0 Å². The summed E-state index contributed by atoms with van der Waals surface area (Å²) in [5, 5.41) is 0. The van der Waals surface area contributed by atoms with Crippen molar-refractivity contribution in [2.75, 3.05) is 12.4 Å². The third-order valence-corrected chi connectivity index (χ3v) is 3.69. The summed E-state index contributed by atoms with van der Waals surface area (Å²) in [5.41, 5.74) is 1.84. The molecule has 2 heteroatoms. The molecule has 0 aliphatic carbocycles. The summed E-state index contributed by atoms with van der Waals surface area (Å²) in [7, 11) is 0. The van der Waals surface area contributed by atoms with E-state index in [1.807, 2.05) is 11.8 Å². The zero-order valence-electron chi connectivity index (χ0n) is 8.32. The van der Waals surface area contributed by atoms with Crippen molar-refractivity contribution in [2.45, 2.75) is 24.7 Å². The zero-order chi connectivity index (χ0) is 9.64. The van der Waals surface area contributed by atoms with Gasteiger partial charge in [-0.15, -0.1) is 11.8 Å². The molecule has 0 radical (unpaired) electrons. The minimum absolute atomic E-state index is 0.471. The Balaban J connectivity index is 1.67. The van der Waals surface area contributed by atoms with Crippen LogP contribution in [0.3, 0.4) is 0 Å². The number of hydrogen-bond donors (Lipinski definition) is 0. The first-order valence-corrected chi connectivity index (χ1v) is 6.27. The maximum atomic E-state index is 5.77. The molecule has 1 atom stereocenters. The number of rotatable bonds is 4. The second-order valence-corrected chi connectivity index (χ2v) is 4.82. The van der Waals surface area contributed by atoms with Gasteiger partial charge in [-0.25, -0.2) is 0 Å². The molecule has 1 fully saturated rings. The predicted octanol–water partition coefficient (Wildman–Crippen LogP) is 3.10. The first-order chi connectivity index (χ1) is 6.95. The van der Waals surface area contributed by atoms with Gasteiger partial charge in [0.05, 0.1) is 6.61 Å². The summed E-state index contributed by atoms with van der Waals surface area (Å²) >= 11 is 1.96. The molecule has 0 saturated carbocycles. The van der Waals surface area contributed by atoms with Crippen LogP contribution in [0.5, 0.6) is 0 Å². The molecule has 0 aromatic heterocycles. The molecule has 1 saturated heterocycles. The molecule has 1 heterocycles. The molecule has 0 bridgehead atoms. The number of thioether (sulfide) groups is 1. The van der Waals surface area contributed by atoms with Gasteiger partial charge in [0.25, 0.3) is 0 Å².